The molecule has 0 bridgehead atoms. The van der Waals surface area contributed by atoms with Gasteiger partial charge >= 0.3 is 11.9 Å². The third-order valence-corrected chi connectivity index (χ3v) is 5.49. The Morgan fingerprint density at radius 1 is 1.07 bits per heavy atom. The van der Waals surface area contributed by atoms with Crippen molar-refractivity contribution in [3.63, 3.8) is 0 Å². The van der Waals surface area contributed by atoms with Crippen LogP contribution < -0.4 is 11.5 Å². The molecule has 7 nitrogen and oxygen atoms in total. The van der Waals surface area contributed by atoms with E-state index in [0.717, 1.165) is 32.1 Å². The number of ether oxygens (including phenoxy) is 2. The second kappa shape index (κ2) is 11.4. The number of unbranched alkanes of at least 4 members (excludes halogenated alkanes) is 7. The fraction of sp³-hybridized carbons (Fsp3) is 0.850. The fourth-order valence-electron chi connectivity index (χ4n) is 4.00. The van der Waals surface area contributed by atoms with Crippen LogP contribution in [0.2, 0.25) is 0 Å². The maximum atomic E-state index is 11.7. The van der Waals surface area contributed by atoms with Gasteiger partial charge < -0.3 is 14.9 Å². The minimum absolute atomic E-state index is 0.182. The van der Waals surface area contributed by atoms with Crippen molar-refractivity contribution in [2.45, 2.75) is 102 Å². The van der Waals surface area contributed by atoms with Crippen LogP contribution in [0.25, 0.3) is 0 Å². The maximum absolute atomic E-state index is 11.7. The summed E-state index contributed by atoms with van der Waals surface area (Å²) in [6.45, 7) is 3.48. The first-order valence-electron chi connectivity index (χ1n) is 10.3. The summed E-state index contributed by atoms with van der Waals surface area (Å²) in [5.41, 5.74) is 9.58. The predicted molar refractivity (Wildman–Crippen MR) is 105 cm³/mol. The Morgan fingerprint density at radius 3 is 2.22 bits per heavy atom. The molecule has 1 rings (SSSR count). The van der Waals surface area contributed by atoms with Crippen molar-refractivity contribution in [3.05, 3.63) is 0 Å². The van der Waals surface area contributed by atoms with E-state index >= 15 is 0 Å². The molecule has 0 amide bonds. The lowest BCUT2D eigenvalue weighted by Crippen LogP contribution is -2.74. The number of carbonyl (C=O) groups excluding carboxylic acids is 2. The molecular formula is C20H37N3O4. The minimum Gasteiger partial charge on any atom is -0.438 e. The Bertz CT molecular complexity index is 500. The second-order valence-corrected chi connectivity index (χ2v) is 7.69. The van der Waals surface area contributed by atoms with Crippen LogP contribution in [-0.4, -0.2) is 29.6 Å². The van der Waals surface area contributed by atoms with Gasteiger partial charge in [-0.05, 0) is 19.3 Å². The largest absolute Gasteiger partial charge is 0.438 e. The standard InChI is InChI=1S/C20H37N3O4/c1-3-4-5-6-7-8-9-10-12-17-13-11-14-19(22,27-18(25)15-21)20(17,23)26-16(2)24/h15,17,21H,3-14,22-23H2,1-2H3. The lowest BCUT2D eigenvalue weighted by atomic mass is 9.73. The number of hydrogen-bond acceptors (Lipinski definition) is 7. The number of nitrogens with one attached hydrogen (secondary N) is 1. The van der Waals surface area contributed by atoms with Crippen molar-refractivity contribution in [2.24, 2.45) is 17.4 Å². The van der Waals surface area contributed by atoms with Gasteiger partial charge in [-0.2, -0.15) is 0 Å². The van der Waals surface area contributed by atoms with Gasteiger partial charge in [0, 0.05) is 19.3 Å². The van der Waals surface area contributed by atoms with Crippen molar-refractivity contribution in [2.75, 3.05) is 0 Å². The van der Waals surface area contributed by atoms with Crippen LogP contribution in [0, 0.1) is 11.3 Å². The topological polar surface area (TPSA) is 128 Å². The zero-order valence-corrected chi connectivity index (χ0v) is 16.9. The highest BCUT2D eigenvalue weighted by atomic mass is 16.6. The first-order chi connectivity index (χ1) is 12.8. The average Bonchev–Trinajstić information content (AvgIpc) is 2.60. The van der Waals surface area contributed by atoms with Crippen LogP contribution in [0.3, 0.4) is 0 Å². The van der Waals surface area contributed by atoms with Crippen LogP contribution in [0.1, 0.15) is 90.9 Å². The maximum Gasteiger partial charge on any atom is 0.350 e. The summed E-state index contributed by atoms with van der Waals surface area (Å²) in [6.07, 6.45) is 12.7. The zero-order valence-electron chi connectivity index (χ0n) is 16.9. The third-order valence-electron chi connectivity index (χ3n) is 5.49. The minimum atomic E-state index is -1.61. The van der Waals surface area contributed by atoms with Gasteiger partial charge in [-0.15, -0.1) is 0 Å². The van der Waals surface area contributed by atoms with E-state index < -0.39 is 23.4 Å². The van der Waals surface area contributed by atoms with Gasteiger partial charge in [-0.1, -0.05) is 58.3 Å². The highest BCUT2D eigenvalue weighted by Crippen LogP contribution is 2.42. The van der Waals surface area contributed by atoms with Gasteiger partial charge in [0.25, 0.3) is 0 Å². The Kier molecular flexibility index (Phi) is 9.94. The molecule has 7 heteroatoms. The molecule has 3 unspecified atom stereocenters. The van der Waals surface area contributed by atoms with E-state index in [-0.39, 0.29) is 5.92 Å². The Balaban J connectivity index is 2.66. The van der Waals surface area contributed by atoms with Gasteiger partial charge in [-0.3, -0.25) is 16.3 Å². The summed E-state index contributed by atoms with van der Waals surface area (Å²) in [4.78, 5) is 23.3. The molecule has 0 saturated heterocycles. The summed E-state index contributed by atoms with van der Waals surface area (Å²) >= 11 is 0. The van der Waals surface area contributed by atoms with E-state index in [1.54, 1.807) is 0 Å². The molecule has 1 fully saturated rings. The molecule has 0 aromatic heterocycles. The molecule has 1 aliphatic carbocycles. The summed E-state index contributed by atoms with van der Waals surface area (Å²) in [5.74, 6) is -1.62. The van der Waals surface area contributed by atoms with E-state index in [4.69, 9.17) is 26.4 Å². The molecule has 27 heavy (non-hydrogen) atoms. The molecule has 1 aliphatic rings. The number of nitrogens with two attached hydrogens (primary N) is 2. The molecule has 0 aliphatic heterocycles. The van der Waals surface area contributed by atoms with Gasteiger partial charge in [0.1, 0.15) is 6.21 Å². The Hall–Kier alpha value is -1.47. The number of carbonyl (C=O) groups is 2. The SMILES string of the molecule is CCCCCCCCCCC1CCCC(N)(OC(=O)C=N)C1(N)OC(C)=O. The van der Waals surface area contributed by atoms with Crippen molar-refractivity contribution < 1.29 is 19.1 Å². The summed E-state index contributed by atoms with van der Waals surface area (Å²) in [7, 11) is 0. The smallest absolute Gasteiger partial charge is 0.350 e. The number of hydrogen-bond donors (Lipinski definition) is 3. The third kappa shape index (κ3) is 6.88. The second-order valence-electron chi connectivity index (χ2n) is 7.69. The molecule has 0 radical (unpaired) electrons. The van der Waals surface area contributed by atoms with E-state index in [1.165, 1.54) is 45.4 Å². The summed E-state index contributed by atoms with van der Waals surface area (Å²) in [5, 5.41) is 7.05. The lowest BCUT2D eigenvalue weighted by Gasteiger charge is -2.50. The van der Waals surface area contributed by atoms with Crippen molar-refractivity contribution >= 4 is 18.2 Å². The molecule has 0 heterocycles. The highest BCUT2D eigenvalue weighted by Gasteiger charge is 2.58. The van der Waals surface area contributed by atoms with Gasteiger partial charge in [0.15, 0.2) is 0 Å². The average molecular weight is 384 g/mol. The first kappa shape index (κ1) is 23.6. The van der Waals surface area contributed by atoms with E-state index in [9.17, 15) is 9.59 Å². The molecule has 0 aromatic carbocycles. The quantitative estimate of drug-likeness (QED) is 0.205. The van der Waals surface area contributed by atoms with E-state index in [2.05, 4.69) is 6.92 Å². The number of esters is 2. The molecular weight excluding hydrogens is 346 g/mol. The van der Waals surface area contributed by atoms with Crippen LogP contribution in [-0.2, 0) is 19.1 Å². The predicted octanol–water partition coefficient (Wildman–Crippen LogP) is 3.38. The molecule has 5 N–H and O–H groups in total. The van der Waals surface area contributed by atoms with Gasteiger partial charge in [0.2, 0.25) is 11.4 Å². The van der Waals surface area contributed by atoms with Crippen molar-refractivity contribution in [1.82, 2.24) is 0 Å². The summed E-state index contributed by atoms with van der Waals surface area (Å²) in [6, 6.07) is 0. The molecule has 1 saturated carbocycles. The van der Waals surface area contributed by atoms with Crippen molar-refractivity contribution in [3.8, 4) is 0 Å². The zero-order chi connectivity index (χ0) is 20.3. The normalized spacial score (nSPS) is 27.8. The van der Waals surface area contributed by atoms with Crippen molar-refractivity contribution in [1.29, 1.82) is 5.41 Å². The highest BCUT2D eigenvalue weighted by molar-refractivity contribution is 6.21. The van der Waals surface area contributed by atoms with E-state index in [1.807, 2.05) is 0 Å². The van der Waals surface area contributed by atoms with Crippen LogP contribution >= 0.6 is 0 Å². The number of rotatable bonds is 12. The molecule has 0 aromatic rings. The molecule has 3 atom stereocenters. The summed E-state index contributed by atoms with van der Waals surface area (Å²) < 4.78 is 10.7. The van der Waals surface area contributed by atoms with E-state index in [0.29, 0.717) is 12.6 Å². The Morgan fingerprint density at radius 2 is 1.67 bits per heavy atom. The van der Waals surface area contributed by atoms with Crippen LogP contribution in [0.15, 0.2) is 0 Å². The fourth-order valence-corrected chi connectivity index (χ4v) is 4.00. The first-order valence-corrected chi connectivity index (χ1v) is 10.3. The molecule has 0 spiro atoms. The monoisotopic (exact) mass is 383 g/mol. The Labute approximate surface area is 163 Å². The van der Waals surface area contributed by atoms with Gasteiger partial charge in [-0.25, -0.2) is 4.79 Å². The van der Waals surface area contributed by atoms with Crippen LogP contribution in [0.4, 0.5) is 0 Å². The van der Waals surface area contributed by atoms with Crippen LogP contribution in [0.5, 0.6) is 0 Å². The lowest BCUT2D eigenvalue weighted by molar-refractivity contribution is -0.235. The van der Waals surface area contributed by atoms with Gasteiger partial charge in [0.05, 0.1) is 0 Å². The molecule has 156 valence electrons.